The van der Waals surface area contributed by atoms with Crippen LogP contribution in [0.2, 0.25) is 0 Å². The molecule has 9 rings (SSSR count). The molecule has 0 spiro atoms. The number of benzene rings is 7. The molecule has 2 heteroatoms. The van der Waals surface area contributed by atoms with Gasteiger partial charge in [-0.1, -0.05) is 144 Å². The van der Waals surface area contributed by atoms with Crippen molar-refractivity contribution in [2.24, 2.45) is 0 Å². The lowest BCUT2D eigenvalue weighted by Crippen LogP contribution is -2.15. The van der Waals surface area contributed by atoms with Crippen LogP contribution < -0.4 is 0 Å². The summed E-state index contributed by atoms with van der Waals surface area (Å²) in [7, 11) is 0. The Morgan fingerprint density at radius 1 is 0.370 bits per heavy atom. The first-order valence-corrected chi connectivity index (χ1v) is 17.6. The van der Waals surface area contributed by atoms with E-state index >= 15 is 0 Å². The van der Waals surface area contributed by atoms with E-state index in [1.807, 2.05) is 0 Å². The summed E-state index contributed by atoms with van der Waals surface area (Å²) in [6.07, 6.45) is 0. The van der Waals surface area contributed by atoms with Crippen molar-refractivity contribution in [2.45, 2.75) is 38.5 Å². The van der Waals surface area contributed by atoms with Crippen LogP contribution in [0.1, 0.15) is 49.9 Å². The molecule has 2 aliphatic carbocycles. The number of fused-ring (bicyclic) bond motifs is 8. The minimum Gasteiger partial charge on any atom is -0.0619 e. The molecule has 0 fully saturated rings. The summed E-state index contributed by atoms with van der Waals surface area (Å²) in [4.78, 5) is 0. The molecule has 0 aliphatic heterocycles. The Balaban J connectivity index is 1.34. The first kappa shape index (κ1) is 28.3. The van der Waals surface area contributed by atoms with Crippen molar-refractivity contribution in [3.05, 3.63) is 153 Å². The largest absolute Gasteiger partial charge is 0.0619 e. The van der Waals surface area contributed by atoms with Crippen molar-refractivity contribution >= 4 is 53.4 Å². The number of rotatable bonds is 2. The maximum atomic E-state index is 3.85. The predicted octanol–water partition coefficient (Wildman–Crippen LogP) is 13.5. The molecule has 46 heavy (non-hydrogen) atoms. The van der Waals surface area contributed by atoms with E-state index in [1.165, 1.54) is 88.3 Å². The van der Waals surface area contributed by atoms with E-state index in [0.29, 0.717) is 0 Å². The standard InChI is InChI=1S/C44H32Br2/c1-43(2)37-11-7-5-9-29(37)31-17-13-25(21-39(31)43)41-33-19-15-28(46)24-36(33)42(34-20-16-27(45)23-35(34)41)26-14-18-32-30-10-6-8-12-38(30)44(3,4)40(32)22-26/h5-24H,1-4H3. The third-order valence-electron chi connectivity index (χ3n) is 10.8. The zero-order valence-corrected chi connectivity index (χ0v) is 29.5. The maximum absolute atomic E-state index is 3.85. The monoisotopic (exact) mass is 718 g/mol. The van der Waals surface area contributed by atoms with Crippen LogP contribution in [0.4, 0.5) is 0 Å². The fraction of sp³-hybridized carbons (Fsp3) is 0.136. The Morgan fingerprint density at radius 3 is 1.20 bits per heavy atom. The zero-order valence-electron chi connectivity index (χ0n) is 26.3. The van der Waals surface area contributed by atoms with Gasteiger partial charge in [0.05, 0.1) is 0 Å². The summed E-state index contributed by atoms with van der Waals surface area (Å²) in [6.45, 7) is 9.45. The van der Waals surface area contributed by atoms with Gasteiger partial charge in [-0.3, -0.25) is 0 Å². The van der Waals surface area contributed by atoms with Crippen LogP contribution in [0.15, 0.2) is 130 Å². The number of halogens is 2. The second-order valence-corrected chi connectivity index (χ2v) is 15.8. The molecule has 0 unspecified atom stereocenters. The quantitative estimate of drug-likeness (QED) is 0.156. The van der Waals surface area contributed by atoms with E-state index in [9.17, 15) is 0 Å². The van der Waals surface area contributed by atoms with Crippen LogP contribution in [0.25, 0.3) is 66.1 Å². The van der Waals surface area contributed by atoms with Gasteiger partial charge >= 0.3 is 0 Å². The van der Waals surface area contributed by atoms with E-state index in [1.54, 1.807) is 0 Å². The Labute approximate surface area is 287 Å². The van der Waals surface area contributed by atoms with Crippen molar-refractivity contribution in [1.29, 1.82) is 0 Å². The van der Waals surface area contributed by atoms with Crippen molar-refractivity contribution in [3.63, 3.8) is 0 Å². The van der Waals surface area contributed by atoms with Gasteiger partial charge in [0.15, 0.2) is 0 Å². The molecule has 0 amide bonds. The normalized spacial score (nSPS) is 15.1. The predicted molar refractivity (Wildman–Crippen MR) is 203 cm³/mol. The van der Waals surface area contributed by atoms with Gasteiger partial charge in [0, 0.05) is 19.8 Å². The zero-order chi connectivity index (χ0) is 31.5. The summed E-state index contributed by atoms with van der Waals surface area (Å²) >= 11 is 7.69. The highest BCUT2D eigenvalue weighted by atomic mass is 79.9. The average Bonchev–Trinajstić information content (AvgIpc) is 3.43. The molecule has 0 heterocycles. The fourth-order valence-electron chi connectivity index (χ4n) is 8.51. The number of hydrogen-bond donors (Lipinski definition) is 0. The summed E-state index contributed by atoms with van der Waals surface area (Å²) in [6, 6.07) is 45.7. The maximum Gasteiger partial charge on any atom is 0.0181 e. The van der Waals surface area contributed by atoms with E-state index in [4.69, 9.17) is 0 Å². The third-order valence-corrected chi connectivity index (χ3v) is 11.8. The lowest BCUT2D eigenvalue weighted by atomic mass is 9.79. The molecule has 0 nitrogen and oxygen atoms in total. The van der Waals surface area contributed by atoms with Gasteiger partial charge in [-0.05, 0) is 125 Å². The molecule has 0 aromatic heterocycles. The Kier molecular flexibility index (Phi) is 6.00. The van der Waals surface area contributed by atoms with Gasteiger partial charge in [-0.2, -0.15) is 0 Å². The van der Waals surface area contributed by atoms with Crippen LogP contribution >= 0.6 is 31.9 Å². The van der Waals surface area contributed by atoms with Crippen LogP contribution in [0, 0.1) is 0 Å². The van der Waals surface area contributed by atoms with Crippen LogP contribution in [-0.2, 0) is 10.8 Å². The highest BCUT2D eigenvalue weighted by Gasteiger charge is 2.37. The summed E-state index contributed by atoms with van der Waals surface area (Å²) in [5, 5.41) is 5.05. The van der Waals surface area contributed by atoms with Crippen molar-refractivity contribution in [3.8, 4) is 44.5 Å². The van der Waals surface area contributed by atoms with Crippen LogP contribution in [0.3, 0.4) is 0 Å². The van der Waals surface area contributed by atoms with Crippen LogP contribution in [0.5, 0.6) is 0 Å². The molecular formula is C44H32Br2. The van der Waals surface area contributed by atoms with Gasteiger partial charge in [-0.15, -0.1) is 0 Å². The fourth-order valence-corrected chi connectivity index (χ4v) is 9.24. The van der Waals surface area contributed by atoms with Crippen molar-refractivity contribution in [2.75, 3.05) is 0 Å². The summed E-state index contributed by atoms with van der Waals surface area (Å²) in [5.41, 5.74) is 15.9. The van der Waals surface area contributed by atoms with E-state index in [0.717, 1.165) is 8.95 Å². The minimum atomic E-state index is -0.0636. The molecule has 222 valence electrons. The first-order chi connectivity index (χ1) is 22.1. The van der Waals surface area contributed by atoms with E-state index in [2.05, 4.69) is 181 Å². The molecule has 7 aromatic carbocycles. The van der Waals surface area contributed by atoms with Crippen LogP contribution in [-0.4, -0.2) is 0 Å². The molecule has 0 N–H and O–H groups in total. The number of hydrogen-bond acceptors (Lipinski definition) is 0. The average molecular weight is 721 g/mol. The van der Waals surface area contributed by atoms with Gasteiger partial charge in [0.1, 0.15) is 0 Å². The molecule has 2 aliphatic rings. The van der Waals surface area contributed by atoms with Crippen molar-refractivity contribution < 1.29 is 0 Å². The highest BCUT2D eigenvalue weighted by Crippen LogP contribution is 2.53. The molecular weight excluding hydrogens is 688 g/mol. The van der Waals surface area contributed by atoms with Gasteiger partial charge in [0.2, 0.25) is 0 Å². The minimum absolute atomic E-state index is 0.0636. The third kappa shape index (κ3) is 3.84. The van der Waals surface area contributed by atoms with Gasteiger partial charge in [0.25, 0.3) is 0 Å². The van der Waals surface area contributed by atoms with E-state index in [-0.39, 0.29) is 10.8 Å². The molecule has 0 atom stereocenters. The van der Waals surface area contributed by atoms with Gasteiger partial charge in [-0.25, -0.2) is 0 Å². The molecule has 7 aromatic rings. The smallest absolute Gasteiger partial charge is 0.0181 e. The van der Waals surface area contributed by atoms with E-state index < -0.39 is 0 Å². The van der Waals surface area contributed by atoms with Crippen molar-refractivity contribution in [1.82, 2.24) is 0 Å². The Hall–Kier alpha value is -3.98. The second kappa shape index (κ2) is 9.77. The Bertz CT molecular complexity index is 2270. The SMILES string of the molecule is CC1(C)c2ccccc2-c2ccc(-c3c4ccc(Br)cc4c(-c4ccc5c(c4)C(C)(C)c4ccccc4-5)c4ccc(Br)cc34)cc21. The lowest BCUT2D eigenvalue weighted by molar-refractivity contribution is 0.660. The molecule has 0 saturated carbocycles. The summed E-state index contributed by atoms with van der Waals surface area (Å²) < 4.78 is 2.17. The molecule has 0 saturated heterocycles. The first-order valence-electron chi connectivity index (χ1n) is 16.0. The van der Waals surface area contributed by atoms with Gasteiger partial charge < -0.3 is 0 Å². The summed E-state index contributed by atoms with van der Waals surface area (Å²) in [5.74, 6) is 0. The molecule has 0 radical (unpaired) electrons. The Morgan fingerprint density at radius 2 is 0.761 bits per heavy atom. The molecule has 0 bridgehead atoms. The lowest BCUT2D eigenvalue weighted by Gasteiger charge is -2.24. The second-order valence-electron chi connectivity index (χ2n) is 14.0. The highest BCUT2D eigenvalue weighted by molar-refractivity contribution is 9.10. The topological polar surface area (TPSA) is 0 Å².